The summed E-state index contributed by atoms with van der Waals surface area (Å²) in [6.07, 6.45) is 2.09. The molecule has 2 unspecified atom stereocenters. The first kappa shape index (κ1) is 14.2. The van der Waals surface area contributed by atoms with Gasteiger partial charge in [0.05, 0.1) is 14.2 Å². The third-order valence-electron chi connectivity index (χ3n) is 2.80. The zero-order valence-electron chi connectivity index (χ0n) is 10.9. The van der Waals surface area contributed by atoms with E-state index < -0.39 is 0 Å². The Morgan fingerprint density at radius 3 is 2.12 bits per heavy atom. The molecular formula is C13H21NO2S. The molecule has 0 aliphatic rings. The first-order valence-electron chi connectivity index (χ1n) is 5.59. The number of benzene rings is 1. The summed E-state index contributed by atoms with van der Waals surface area (Å²) in [5.41, 5.74) is 7.31. The SMILES string of the molecule is COc1cc(OC)cc(C(N)C(C)CSC)c1. The lowest BCUT2D eigenvalue weighted by atomic mass is 9.96. The van der Waals surface area contributed by atoms with Crippen LogP contribution in [0, 0.1) is 5.92 Å². The Hall–Kier alpha value is -0.870. The molecule has 0 bridgehead atoms. The molecule has 2 N–H and O–H groups in total. The van der Waals surface area contributed by atoms with E-state index in [2.05, 4.69) is 13.2 Å². The quantitative estimate of drug-likeness (QED) is 0.849. The van der Waals surface area contributed by atoms with Crippen LogP contribution in [0.25, 0.3) is 0 Å². The third-order valence-corrected chi connectivity index (χ3v) is 3.66. The second-order valence-electron chi connectivity index (χ2n) is 4.10. The van der Waals surface area contributed by atoms with Crippen molar-refractivity contribution in [1.82, 2.24) is 0 Å². The van der Waals surface area contributed by atoms with Gasteiger partial charge in [0.1, 0.15) is 11.5 Å². The highest BCUT2D eigenvalue weighted by Gasteiger charge is 2.16. The molecule has 0 aromatic heterocycles. The van der Waals surface area contributed by atoms with Gasteiger partial charge in [-0.15, -0.1) is 0 Å². The number of hydrogen-bond donors (Lipinski definition) is 1. The van der Waals surface area contributed by atoms with Crippen LogP contribution in [-0.4, -0.2) is 26.2 Å². The van der Waals surface area contributed by atoms with Crippen molar-refractivity contribution in [2.24, 2.45) is 11.7 Å². The molecule has 0 aliphatic heterocycles. The zero-order valence-corrected chi connectivity index (χ0v) is 11.7. The Kier molecular flexibility index (Phi) is 5.65. The van der Waals surface area contributed by atoms with Crippen LogP contribution in [0.4, 0.5) is 0 Å². The van der Waals surface area contributed by atoms with Crippen molar-refractivity contribution in [2.45, 2.75) is 13.0 Å². The van der Waals surface area contributed by atoms with Crippen molar-refractivity contribution in [3.8, 4) is 11.5 Å². The van der Waals surface area contributed by atoms with Crippen LogP contribution in [0.5, 0.6) is 11.5 Å². The lowest BCUT2D eigenvalue weighted by molar-refractivity contribution is 0.391. The molecule has 3 nitrogen and oxygen atoms in total. The van der Waals surface area contributed by atoms with Crippen LogP contribution in [-0.2, 0) is 0 Å². The molecule has 0 saturated heterocycles. The molecular weight excluding hydrogens is 234 g/mol. The maximum Gasteiger partial charge on any atom is 0.122 e. The molecule has 0 radical (unpaired) electrons. The van der Waals surface area contributed by atoms with E-state index in [1.807, 2.05) is 30.0 Å². The van der Waals surface area contributed by atoms with E-state index in [0.717, 1.165) is 22.8 Å². The van der Waals surface area contributed by atoms with Gasteiger partial charge in [0.2, 0.25) is 0 Å². The highest BCUT2D eigenvalue weighted by molar-refractivity contribution is 7.98. The number of methoxy groups -OCH3 is 2. The van der Waals surface area contributed by atoms with Crippen molar-refractivity contribution in [2.75, 3.05) is 26.2 Å². The Morgan fingerprint density at radius 2 is 1.71 bits per heavy atom. The molecule has 0 heterocycles. The fraction of sp³-hybridized carbons (Fsp3) is 0.538. The molecule has 0 fully saturated rings. The highest BCUT2D eigenvalue weighted by Crippen LogP contribution is 2.29. The topological polar surface area (TPSA) is 44.5 Å². The van der Waals surface area contributed by atoms with Crippen molar-refractivity contribution in [1.29, 1.82) is 0 Å². The molecule has 1 rings (SSSR count). The average Bonchev–Trinajstić information content (AvgIpc) is 2.37. The standard InChI is InChI=1S/C13H21NO2S/c1-9(8-17-4)13(14)10-5-11(15-2)7-12(6-10)16-3/h5-7,9,13H,8,14H2,1-4H3. The Bertz CT molecular complexity index is 335. The summed E-state index contributed by atoms with van der Waals surface area (Å²) in [5.74, 6) is 3.03. The van der Waals surface area contributed by atoms with Gasteiger partial charge in [-0.2, -0.15) is 11.8 Å². The summed E-state index contributed by atoms with van der Waals surface area (Å²) in [4.78, 5) is 0. The summed E-state index contributed by atoms with van der Waals surface area (Å²) in [6.45, 7) is 2.16. The van der Waals surface area contributed by atoms with Crippen molar-refractivity contribution in [3.63, 3.8) is 0 Å². The summed E-state index contributed by atoms with van der Waals surface area (Å²) in [7, 11) is 3.30. The molecule has 0 spiro atoms. The minimum atomic E-state index is 0.00597. The van der Waals surface area contributed by atoms with E-state index in [9.17, 15) is 0 Å². The maximum atomic E-state index is 6.25. The van der Waals surface area contributed by atoms with Crippen molar-refractivity contribution >= 4 is 11.8 Å². The lowest BCUT2D eigenvalue weighted by Gasteiger charge is -2.20. The number of hydrogen-bond acceptors (Lipinski definition) is 4. The van der Waals surface area contributed by atoms with E-state index in [1.165, 1.54) is 0 Å². The zero-order chi connectivity index (χ0) is 12.8. The smallest absolute Gasteiger partial charge is 0.122 e. The summed E-state index contributed by atoms with van der Waals surface area (Å²) in [5, 5.41) is 0. The van der Waals surface area contributed by atoms with Gasteiger partial charge in [0, 0.05) is 12.1 Å². The third kappa shape index (κ3) is 3.82. The fourth-order valence-electron chi connectivity index (χ4n) is 1.72. The van der Waals surface area contributed by atoms with Gasteiger partial charge in [-0.1, -0.05) is 6.92 Å². The first-order valence-corrected chi connectivity index (χ1v) is 6.99. The Labute approximate surface area is 108 Å². The molecule has 96 valence electrons. The molecule has 4 heteroatoms. The van der Waals surface area contributed by atoms with Crippen molar-refractivity contribution in [3.05, 3.63) is 23.8 Å². The van der Waals surface area contributed by atoms with Gasteiger partial charge in [-0.3, -0.25) is 0 Å². The molecule has 1 aromatic carbocycles. The van der Waals surface area contributed by atoms with Gasteiger partial charge in [0.25, 0.3) is 0 Å². The largest absolute Gasteiger partial charge is 0.497 e. The second kappa shape index (κ2) is 6.77. The fourth-order valence-corrected chi connectivity index (χ4v) is 2.45. The minimum absolute atomic E-state index is 0.00597. The Morgan fingerprint density at radius 1 is 1.18 bits per heavy atom. The Balaban J connectivity index is 2.95. The van der Waals surface area contributed by atoms with E-state index in [4.69, 9.17) is 15.2 Å². The average molecular weight is 255 g/mol. The molecule has 0 aliphatic carbocycles. The van der Waals surface area contributed by atoms with E-state index in [1.54, 1.807) is 14.2 Å². The molecule has 0 saturated carbocycles. The van der Waals surface area contributed by atoms with Crippen LogP contribution >= 0.6 is 11.8 Å². The molecule has 0 amide bonds. The number of thioether (sulfide) groups is 1. The lowest BCUT2D eigenvalue weighted by Crippen LogP contribution is -2.20. The predicted octanol–water partition coefficient (Wildman–Crippen LogP) is 2.70. The maximum absolute atomic E-state index is 6.25. The molecule has 17 heavy (non-hydrogen) atoms. The second-order valence-corrected chi connectivity index (χ2v) is 5.02. The van der Waals surface area contributed by atoms with Gasteiger partial charge < -0.3 is 15.2 Å². The van der Waals surface area contributed by atoms with Gasteiger partial charge in [-0.05, 0) is 35.6 Å². The minimum Gasteiger partial charge on any atom is -0.497 e. The normalized spacial score (nSPS) is 14.2. The number of rotatable bonds is 6. The van der Waals surface area contributed by atoms with Gasteiger partial charge in [0.15, 0.2) is 0 Å². The van der Waals surface area contributed by atoms with E-state index >= 15 is 0 Å². The van der Waals surface area contributed by atoms with Crippen LogP contribution < -0.4 is 15.2 Å². The predicted molar refractivity (Wildman–Crippen MR) is 74.0 cm³/mol. The molecule has 2 atom stereocenters. The van der Waals surface area contributed by atoms with Crippen LogP contribution in [0.2, 0.25) is 0 Å². The first-order chi connectivity index (χ1) is 8.12. The van der Waals surface area contributed by atoms with Crippen LogP contribution in [0.1, 0.15) is 18.5 Å². The van der Waals surface area contributed by atoms with E-state index in [-0.39, 0.29) is 6.04 Å². The van der Waals surface area contributed by atoms with Gasteiger partial charge >= 0.3 is 0 Å². The molecule has 1 aromatic rings. The van der Waals surface area contributed by atoms with E-state index in [0.29, 0.717) is 5.92 Å². The summed E-state index contributed by atoms with van der Waals surface area (Å²) >= 11 is 1.81. The van der Waals surface area contributed by atoms with Gasteiger partial charge in [-0.25, -0.2) is 0 Å². The summed E-state index contributed by atoms with van der Waals surface area (Å²) in [6, 6.07) is 5.81. The highest BCUT2D eigenvalue weighted by atomic mass is 32.2. The summed E-state index contributed by atoms with van der Waals surface area (Å²) < 4.78 is 10.5. The monoisotopic (exact) mass is 255 g/mol. The number of nitrogens with two attached hydrogens (primary N) is 1. The van der Waals surface area contributed by atoms with Crippen LogP contribution in [0.15, 0.2) is 18.2 Å². The number of ether oxygens (including phenoxy) is 2. The van der Waals surface area contributed by atoms with Crippen LogP contribution in [0.3, 0.4) is 0 Å². The van der Waals surface area contributed by atoms with Crippen molar-refractivity contribution < 1.29 is 9.47 Å².